The smallest absolute Gasteiger partial charge is 0.328 e. The zero-order valence-electron chi connectivity index (χ0n) is 11.8. The maximum atomic E-state index is 11.6. The van der Waals surface area contributed by atoms with E-state index in [4.69, 9.17) is 4.74 Å². The molecule has 0 aromatic carbocycles. The van der Waals surface area contributed by atoms with Gasteiger partial charge in [-0.15, -0.1) is 0 Å². The quantitative estimate of drug-likeness (QED) is 0.713. The molecule has 0 spiro atoms. The van der Waals surface area contributed by atoms with Crippen molar-refractivity contribution in [1.82, 2.24) is 10.6 Å². The number of carbonyl (C=O) groups is 3. The van der Waals surface area contributed by atoms with E-state index in [1.165, 1.54) is 13.8 Å². The van der Waals surface area contributed by atoms with Crippen LogP contribution in [0.5, 0.6) is 0 Å². The van der Waals surface area contributed by atoms with E-state index >= 15 is 0 Å². The first-order valence-corrected chi connectivity index (χ1v) is 5.83. The minimum atomic E-state index is -0.757. The number of esters is 1. The van der Waals surface area contributed by atoms with Crippen LogP contribution in [0.1, 0.15) is 41.5 Å². The maximum absolute atomic E-state index is 11.6. The Bertz CT molecular complexity index is 333. The lowest BCUT2D eigenvalue weighted by molar-refractivity contribution is -0.158. The van der Waals surface area contributed by atoms with E-state index in [-0.39, 0.29) is 5.91 Å². The van der Waals surface area contributed by atoms with Crippen molar-refractivity contribution in [3.05, 3.63) is 0 Å². The van der Waals surface area contributed by atoms with Crippen molar-refractivity contribution in [1.29, 1.82) is 0 Å². The second-order valence-corrected chi connectivity index (χ2v) is 5.19. The maximum Gasteiger partial charge on any atom is 0.328 e. The van der Waals surface area contributed by atoms with Gasteiger partial charge >= 0.3 is 5.97 Å². The van der Waals surface area contributed by atoms with Gasteiger partial charge in [-0.2, -0.15) is 0 Å². The number of carbonyl (C=O) groups excluding carboxylic acids is 3. The summed E-state index contributed by atoms with van der Waals surface area (Å²) in [5.74, 6) is -1.24. The fourth-order valence-corrected chi connectivity index (χ4v) is 1.16. The lowest BCUT2D eigenvalue weighted by Gasteiger charge is -2.23. The molecular formula is C12H22N2O4. The van der Waals surface area contributed by atoms with Crippen LogP contribution in [0.2, 0.25) is 0 Å². The summed E-state index contributed by atoms with van der Waals surface area (Å²) in [6.07, 6.45) is 0. The molecule has 0 saturated carbocycles. The van der Waals surface area contributed by atoms with Gasteiger partial charge in [0.2, 0.25) is 11.8 Å². The highest BCUT2D eigenvalue weighted by atomic mass is 16.6. The van der Waals surface area contributed by atoms with Crippen molar-refractivity contribution in [2.24, 2.45) is 0 Å². The van der Waals surface area contributed by atoms with Gasteiger partial charge in [0.1, 0.15) is 17.7 Å². The molecular weight excluding hydrogens is 236 g/mol. The van der Waals surface area contributed by atoms with Crippen molar-refractivity contribution >= 4 is 17.8 Å². The van der Waals surface area contributed by atoms with Crippen LogP contribution in [-0.2, 0) is 19.1 Å². The number of hydrogen-bond donors (Lipinski definition) is 2. The van der Waals surface area contributed by atoms with Crippen LogP contribution < -0.4 is 10.6 Å². The number of ether oxygens (including phenoxy) is 1. The monoisotopic (exact) mass is 258 g/mol. The Labute approximate surface area is 107 Å². The third kappa shape index (κ3) is 6.88. The fraction of sp³-hybridized carbons (Fsp3) is 0.750. The number of nitrogens with one attached hydrogen (secondary N) is 2. The predicted molar refractivity (Wildman–Crippen MR) is 66.7 cm³/mol. The fourth-order valence-electron chi connectivity index (χ4n) is 1.16. The average molecular weight is 258 g/mol. The molecule has 0 aliphatic heterocycles. The van der Waals surface area contributed by atoms with Crippen LogP contribution in [0.15, 0.2) is 0 Å². The Kier molecular flexibility index (Phi) is 5.81. The summed E-state index contributed by atoms with van der Waals surface area (Å²) < 4.78 is 5.12. The molecule has 0 bridgehead atoms. The van der Waals surface area contributed by atoms with Gasteiger partial charge in [0.25, 0.3) is 0 Å². The first-order chi connectivity index (χ1) is 8.03. The van der Waals surface area contributed by atoms with Crippen molar-refractivity contribution in [3.8, 4) is 0 Å². The molecule has 0 fully saturated rings. The Morgan fingerprint density at radius 3 is 1.89 bits per heavy atom. The highest BCUT2D eigenvalue weighted by Crippen LogP contribution is 2.08. The molecule has 2 atom stereocenters. The lowest BCUT2D eigenvalue weighted by Crippen LogP contribution is -2.50. The van der Waals surface area contributed by atoms with Gasteiger partial charge in [-0.3, -0.25) is 9.59 Å². The first-order valence-electron chi connectivity index (χ1n) is 5.83. The third-order valence-corrected chi connectivity index (χ3v) is 1.93. The van der Waals surface area contributed by atoms with Gasteiger partial charge in [0.15, 0.2) is 0 Å². The van der Waals surface area contributed by atoms with Crippen molar-refractivity contribution in [2.75, 3.05) is 0 Å². The van der Waals surface area contributed by atoms with E-state index in [9.17, 15) is 14.4 Å². The average Bonchev–Trinajstić information content (AvgIpc) is 2.13. The first kappa shape index (κ1) is 16.4. The second kappa shape index (κ2) is 6.37. The Morgan fingerprint density at radius 2 is 1.50 bits per heavy atom. The van der Waals surface area contributed by atoms with Crippen molar-refractivity contribution < 1.29 is 19.1 Å². The summed E-state index contributed by atoms with van der Waals surface area (Å²) >= 11 is 0. The van der Waals surface area contributed by atoms with E-state index in [1.807, 2.05) is 0 Å². The molecule has 0 aliphatic rings. The number of rotatable bonds is 4. The van der Waals surface area contributed by atoms with Crippen LogP contribution in [0.25, 0.3) is 0 Å². The minimum absolute atomic E-state index is 0.303. The molecule has 2 amide bonds. The van der Waals surface area contributed by atoms with Crippen LogP contribution in [-0.4, -0.2) is 35.5 Å². The van der Waals surface area contributed by atoms with Crippen molar-refractivity contribution in [3.63, 3.8) is 0 Å². The number of hydrogen-bond acceptors (Lipinski definition) is 4. The van der Waals surface area contributed by atoms with Gasteiger partial charge < -0.3 is 15.4 Å². The van der Waals surface area contributed by atoms with E-state index in [1.54, 1.807) is 27.7 Å². The zero-order chi connectivity index (χ0) is 14.5. The molecule has 0 aromatic rings. The molecule has 6 nitrogen and oxygen atoms in total. The molecule has 2 N–H and O–H groups in total. The van der Waals surface area contributed by atoms with Crippen LogP contribution in [0.3, 0.4) is 0 Å². The molecule has 0 saturated heterocycles. The normalized spacial score (nSPS) is 14.3. The van der Waals surface area contributed by atoms with Gasteiger partial charge in [-0.05, 0) is 34.6 Å². The van der Waals surface area contributed by atoms with E-state index in [2.05, 4.69) is 10.6 Å². The van der Waals surface area contributed by atoms with Gasteiger partial charge in [-0.1, -0.05) is 0 Å². The summed E-state index contributed by atoms with van der Waals surface area (Å²) in [7, 11) is 0. The Morgan fingerprint density at radius 1 is 1.00 bits per heavy atom. The van der Waals surface area contributed by atoms with Gasteiger partial charge in [0.05, 0.1) is 0 Å². The summed E-state index contributed by atoms with van der Waals surface area (Å²) in [5, 5.41) is 4.91. The Hall–Kier alpha value is -1.59. The zero-order valence-corrected chi connectivity index (χ0v) is 11.8. The second-order valence-electron chi connectivity index (χ2n) is 5.19. The predicted octanol–water partition coefficient (Wildman–Crippen LogP) is 0.357. The molecule has 0 rings (SSSR count). The lowest BCUT2D eigenvalue weighted by atomic mass is 10.2. The summed E-state index contributed by atoms with van der Waals surface area (Å²) in [6.45, 7) is 9.64. The van der Waals surface area contributed by atoms with E-state index < -0.39 is 29.6 Å². The topological polar surface area (TPSA) is 84.5 Å². The van der Waals surface area contributed by atoms with E-state index in [0.29, 0.717) is 0 Å². The third-order valence-electron chi connectivity index (χ3n) is 1.93. The molecule has 1 unspecified atom stereocenters. The van der Waals surface area contributed by atoms with Gasteiger partial charge in [0, 0.05) is 6.92 Å². The molecule has 0 radical (unpaired) electrons. The van der Waals surface area contributed by atoms with E-state index in [0.717, 1.165) is 0 Å². The molecule has 104 valence electrons. The molecule has 0 aliphatic carbocycles. The van der Waals surface area contributed by atoms with Gasteiger partial charge in [-0.25, -0.2) is 4.79 Å². The van der Waals surface area contributed by atoms with Crippen LogP contribution >= 0.6 is 0 Å². The molecule has 0 aromatic heterocycles. The largest absolute Gasteiger partial charge is 0.458 e. The summed E-state index contributed by atoms with van der Waals surface area (Å²) in [5.41, 5.74) is -0.598. The highest BCUT2D eigenvalue weighted by Gasteiger charge is 2.24. The molecule has 0 heterocycles. The summed E-state index contributed by atoms with van der Waals surface area (Å²) in [4.78, 5) is 34.0. The Balaban J connectivity index is 4.31. The highest BCUT2D eigenvalue weighted by molar-refractivity contribution is 5.89. The minimum Gasteiger partial charge on any atom is -0.458 e. The summed E-state index contributed by atoms with van der Waals surface area (Å²) in [6, 6.07) is -1.44. The molecule has 18 heavy (non-hydrogen) atoms. The standard InChI is InChI=1S/C12H22N2O4/c1-7(13-9(3)15)10(16)14-8(2)11(17)18-12(4,5)6/h7-8H,1-6H3,(H,13,15)(H,14,16)/t7?,8-/m0/s1. The van der Waals surface area contributed by atoms with Crippen LogP contribution in [0.4, 0.5) is 0 Å². The van der Waals surface area contributed by atoms with Crippen LogP contribution in [0, 0.1) is 0 Å². The SMILES string of the molecule is CC(=O)NC(C)C(=O)N[C@@H](C)C(=O)OC(C)(C)C. The molecule has 6 heteroatoms. The van der Waals surface area contributed by atoms with Crippen molar-refractivity contribution in [2.45, 2.75) is 59.2 Å². The number of amides is 2.